The summed E-state index contributed by atoms with van der Waals surface area (Å²) < 4.78 is 1.85. The summed E-state index contributed by atoms with van der Waals surface area (Å²) in [5, 5.41) is 5.68. The van der Waals surface area contributed by atoms with E-state index in [1.165, 1.54) is 5.57 Å². The van der Waals surface area contributed by atoms with E-state index in [-0.39, 0.29) is 17.9 Å². The fourth-order valence-corrected chi connectivity index (χ4v) is 3.55. The Morgan fingerprint density at radius 3 is 2.47 bits per heavy atom. The van der Waals surface area contributed by atoms with E-state index in [4.69, 9.17) is 0 Å². The van der Waals surface area contributed by atoms with Crippen LogP contribution in [0.3, 0.4) is 0 Å². The second-order valence-electron chi connectivity index (χ2n) is 7.69. The lowest BCUT2D eigenvalue weighted by Crippen LogP contribution is -2.37. The fourth-order valence-electron chi connectivity index (χ4n) is 3.55. The average molecular weight is 403 g/mol. The van der Waals surface area contributed by atoms with Crippen LogP contribution in [0.4, 0.5) is 16.2 Å². The molecule has 1 aliphatic heterocycles. The number of nitrogens with one attached hydrogen (secondary N) is 2. The second kappa shape index (κ2) is 8.41. The number of hydrogen-bond donors (Lipinski definition) is 2. The number of anilines is 2. The van der Waals surface area contributed by atoms with Crippen molar-refractivity contribution in [3.63, 3.8) is 0 Å². The molecule has 0 spiro atoms. The lowest BCUT2D eigenvalue weighted by Gasteiger charge is -2.28. The van der Waals surface area contributed by atoms with Crippen molar-refractivity contribution in [3.8, 4) is 0 Å². The summed E-state index contributed by atoms with van der Waals surface area (Å²) >= 11 is 0. The third-order valence-corrected chi connectivity index (χ3v) is 5.17. The van der Waals surface area contributed by atoms with Crippen LogP contribution in [0.15, 0.2) is 61.1 Å². The van der Waals surface area contributed by atoms with E-state index >= 15 is 0 Å². The minimum Gasteiger partial charge on any atom is -0.338 e. The number of amides is 3. The summed E-state index contributed by atoms with van der Waals surface area (Å²) in [6.07, 6.45) is 8.30. The Hall–Kier alpha value is -3.61. The number of aromatic nitrogens is 2. The van der Waals surface area contributed by atoms with Crippen molar-refractivity contribution in [2.75, 3.05) is 23.7 Å². The molecule has 0 saturated heterocycles. The Bertz CT molecular complexity index is 1100. The number of pyridine rings is 1. The molecule has 7 nitrogen and oxygen atoms in total. The first-order valence-electron chi connectivity index (χ1n) is 10.1. The molecule has 3 amide bonds. The van der Waals surface area contributed by atoms with E-state index in [1.54, 1.807) is 6.20 Å². The van der Waals surface area contributed by atoms with Crippen LogP contribution in [-0.2, 0) is 4.79 Å². The molecule has 0 unspecified atom stereocenters. The molecule has 0 radical (unpaired) electrons. The topological polar surface area (TPSA) is 78.7 Å². The van der Waals surface area contributed by atoms with E-state index in [2.05, 4.69) is 21.7 Å². The van der Waals surface area contributed by atoms with Gasteiger partial charge in [-0.15, -0.1) is 0 Å². The first-order chi connectivity index (χ1) is 14.5. The molecule has 2 N–H and O–H groups in total. The van der Waals surface area contributed by atoms with Crippen LogP contribution >= 0.6 is 0 Å². The summed E-state index contributed by atoms with van der Waals surface area (Å²) in [6.45, 7) is 5.25. The SMILES string of the molecule is CC(C)C(=O)N1CC=C(c2ccc(NC(=O)Nc3ccc4nccn4c3)cc2)CC1. The molecule has 4 rings (SSSR count). The molecule has 1 aromatic carbocycles. The third kappa shape index (κ3) is 4.35. The number of fused-ring (bicyclic) bond motifs is 1. The van der Waals surface area contributed by atoms with Crippen molar-refractivity contribution in [1.29, 1.82) is 0 Å². The highest BCUT2D eigenvalue weighted by Gasteiger charge is 2.20. The molecule has 0 bridgehead atoms. The Morgan fingerprint density at radius 1 is 1.03 bits per heavy atom. The number of carbonyl (C=O) groups is 2. The van der Waals surface area contributed by atoms with Crippen LogP contribution in [0.1, 0.15) is 25.8 Å². The van der Waals surface area contributed by atoms with Gasteiger partial charge in [-0.1, -0.05) is 32.1 Å². The van der Waals surface area contributed by atoms with Gasteiger partial charge in [0.15, 0.2) is 0 Å². The normalized spacial score (nSPS) is 14.0. The summed E-state index contributed by atoms with van der Waals surface area (Å²) in [6, 6.07) is 11.1. The Morgan fingerprint density at radius 2 is 1.77 bits per heavy atom. The minimum absolute atomic E-state index is 0.0262. The molecule has 7 heteroatoms. The van der Waals surface area contributed by atoms with E-state index in [9.17, 15) is 9.59 Å². The zero-order valence-electron chi connectivity index (χ0n) is 17.1. The lowest BCUT2D eigenvalue weighted by molar-refractivity contribution is -0.134. The molecular weight excluding hydrogens is 378 g/mol. The van der Waals surface area contributed by atoms with Gasteiger partial charge in [-0.05, 0) is 41.8 Å². The maximum Gasteiger partial charge on any atom is 0.323 e. The van der Waals surface area contributed by atoms with Crippen LogP contribution in [-0.4, -0.2) is 39.3 Å². The molecule has 0 atom stereocenters. The molecular formula is C23H25N5O2. The van der Waals surface area contributed by atoms with E-state index < -0.39 is 0 Å². The van der Waals surface area contributed by atoms with Gasteiger partial charge in [-0.3, -0.25) is 4.79 Å². The number of urea groups is 1. The van der Waals surface area contributed by atoms with Gasteiger partial charge in [0.2, 0.25) is 5.91 Å². The van der Waals surface area contributed by atoms with Crippen molar-refractivity contribution >= 4 is 34.5 Å². The molecule has 1 aliphatic rings. The van der Waals surface area contributed by atoms with Gasteiger partial charge in [0.05, 0.1) is 5.69 Å². The summed E-state index contributed by atoms with van der Waals surface area (Å²) in [5.74, 6) is 0.223. The number of rotatable bonds is 4. The first kappa shape index (κ1) is 19.7. The van der Waals surface area contributed by atoms with Crippen LogP contribution in [0.5, 0.6) is 0 Å². The van der Waals surface area contributed by atoms with Crippen LogP contribution in [0.2, 0.25) is 0 Å². The molecule has 3 heterocycles. The van der Waals surface area contributed by atoms with Gasteiger partial charge in [0, 0.05) is 43.3 Å². The Labute approximate surface area is 175 Å². The van der Waals surface area contributed by atoms with Crippen molar-refractivity contribution in [2.24, 2.45) is 5.92 Å². The highest BCUT2D eigenvalue weighted by Crippen LogP contribution is 2.24. The lowest BCUT2D eigenvalue weighted by atomic mass is 9.98. The van der Waals surface area contributed by atoms with E-state index in [0.717, 1.165) is 24.2 Å². The second-order valence-corrected chi connectivity index (χ2v) is 7.69. The average Bonchev–Trinajstić information content (AvgIpc) is 3.21. The minimum atomic E-state index is -0.304. The van der Waals surface area contributed by atoms with Gasteiger partial charge in [-0.25, -0.2) is 9.78 Å². The molecule has 0 aliphatic carbocycles. The largest absolute Gasteiger partial charge is 0.338 e. The van der Waals surface area contributed by atoms with Crippen molar-refractivity contribution < 1.29 is 9.59 Å². The quantitative estimate of drug-likeness (QED) is 0.684. The summed E-state index contributed by atoms with van der Waals surface area (Å²) in [7, 11) is 0. The van der Waals surface area contributed by atoms with Gasteiger partial charge in [-0.2, -0.15) is 0 Å². The molecule has 2 aromatic heterocycles. The third-order valence-electron chi connectivity index (χ3n) is 5.17. The first-order valence-corrected chi connectivity index (χ1v) is 10.1. The number of benzene rings is 1. The standard InChI is InChI=1S/C23H25N5O2/c1-16(2)22(29)27-12-9-18(10-13-27)17-3-5-19(6-4-17)25-23(30)26-20-7-8-21-24-11-14-28(21)15-20/h3-9,11,14-16H,10,12-13H2,1-2H3,(H2,25,26,30). The molecule has 30 heavy (non-hydrogen) atoms. The van der Waals surface area contributed by atoms with Gasteiger partial charge >= 0.3 is 6.03 Å². The molecule has 0 saturated carbocycles. The summed E-state index contributed by atoms with van der Waals surface area (Å²) in [5.41, 5.74) is 4.57. The molecule has 154 valence electrons. The maximum absolute atomic E-state index is 12.3. The zero-order chi connectivity index (χ0) is 21.1. The molecule has 3 aromatic rings. The highest BCUT2D eigenvalue weighted by molar-refractivity contribution is 5.99. The fraction of sp³-hybridized carbons (Fsp3) is 0.261. The van der Waals surface area contributed by atoms with Crippen LogP contribution in [0.25, 0.3) is 11.2 Å². The van der Waals surface area contributed by atoms with Gasteiger partial charge in [0.25, 0.3) is 0 Å². The highest BCUT2D eigenvalue weighted by atomic mass is 16.2. The number of hydrogen-bond acceptors (Lipinski definition) is 3. The van der Waals surface area contributed by atoms with Gasteiger partial charge < -0.3 is 19.9 Å². The van der Waals surface area contributed by atoms with Crippen LogP contribution in [0, 0.1) is 5.92 Å². The Balaban J connectivity index is 1.35. The van der Waals surface area contributed by atoms with Gasteiger partial charge in [0.1, 0.15) is 5.65 Å². The predicted molar refractivity (Wildman–Crippen MR) is 118 cm³/mol. The zero-order valence-corrected chi connectivity index (χ0v) is 17.1. The van der Waals surface area contributed by atoms with Crippen LogP contribution < -0.4 is 10.6 Å². The number of nitrogens with zero attached hydrogens (tertiary/aromatic N) is 3. The van der Waals surface area contributed by atoms with Crippen molar-refractivity contribution in [1.82, 2.24) is 14.3 Å². The van der Waals surface area contributed by atoms with Crippen molar-refractivity contribution in [3.05, 3.63) is 66.6 Å². The maximum atomic E-state index is 12.3. The smallest absolute Gasteiger partial charge is 0.323 e. The van der Waals surface area contributed by atoms with Crippen molar-refractivity contribution in [2.45, 2.75) is 20.3 Å². The monoisotopic (exact) mass is 403 g/mol. The number of imidazole rings is 1. The summed E-state index contributed by atoms with van der Waals surface area (Å²) in [4.78, 5) is 30.5. The molecule has 0 fully saturated rings. The predicted octanol–water partition coefficient (Wildman–Crippen LogP) is 4.25. The number of carbonyl (C=O) groups excluding carboxylic acids is 2. The van der Waals surface area contributed by atoms with E-state index in [0.29, 0.717) is 17.9 Å². The Kier molecular flexibility index (Phi) is 5.52. The van der Waals surface area contributed by atoms with E-state index in [1.807, 2.05) is 71.9 Å².